The summed E-state index contributed by atoms with van der Waals surface area (Å²) in [5.41, 5.74) is 12.7. The maximum absolute atomic E-state index is 4.93. The van der Waals surface area contributed by atoms with Gasteiger partial charge in [-0.25, -0.2) is 4.98 Å². The number of hydrogen-bond acceptors (Lipinski definition) is 3. The van der Waals surface area contributed by atoms with Crippen molar-refractivity contribution < 1.29 is 0 Å². The Morgan fingerprint density at radius 1 is 0.280 bits per heavy atom. The Balaban J connectivity index is 1.02. The fourth-order valence-corrected chi connectivity index (χ4v) is 6.86. The van der Waals surface area contributed by atoms with Crippen LogP contribution < -0.4 is 0 Å². The standard InChI is InChI=1S/C47H31N3/c1-2-13-40-38(10-1)29-43(42-15-4-3-14-41(40)42)35-24-22-33(23-25-35)37-12-9-11-36(28-37)32-18-20-34(21-19-32)39-30-46(44-16-5-7-26-48-44)50-47(31-39)45-17-6-8-27-49-45/h1-31H. The molecule has 0 radical (unpaired) electrons. The molecule has 50 heavy (non-hydrogen) atoms. The molecular formula is C47H31N3. The Labute approximate surface area is 291 Å². The molecule has 3 aromatic heterocycles. The summed E-state index contributed by atoms with van der Waals surface area (Å²) in [6.45, 7) is 0. The van der Waals surface area contributed by atoms with E-state index in [9.17, 15) is 0 Å². The molecule has 0 aliphatic rings. The van der Waals surface area contributed by atoms with E-state index < -0.39 is 0 Å². The van der Waals surface area contributed by atoms with E-state index in [1.54, 1.807) is 12.4 Å². The molecule has 0 saturated carbocycles. The third-order valence-electron chi connectivity index (χ3n) is 9.39. The monoisotopic (exact) mass is 637 g/mol. The largest absolute Gasteiger partial charge is 0.255 e. The number of nitrogens with zero attached hydrogens (tertiary/aromatic N) is 3. The second kappa shape index (κ2) is 12.7. The lowest BCUT2D eigenvalue weighted by molar-refractivity contribution is 1.22. The smallest absolute Gasteiger partial charge is 0.0900 e. The third kappa shape index (κ3) is 5.61. The van der Waals surface area contributed by atoms with E-state index in [0.29, 0.717) is 0 Å². The zero-order valence-corrected chi connectivity index (χ0v) is 27.2. The number of fused-ring (bicyclic) bond motifs is 3. The van der Waals surface area contributed by atoms with Gasteiger partial charge in [-0.1, -0.05) is 127 Å². The molecular weight excluding hydrogens is 607 g/mol. The molecule has 0 bridgehead atoms. The fourth-order valence-electron chi connectivity index (χ4n) is 6.86. The zero-order valence-electron chi connectivity index (χ0n) is 27.2. The van der Waals surface area contributed by atoms with Crippen LogP contribution in [0.25, 0.3) is 88.8 Å². The molecule has 0 atom stereocenters. The van der Waals surface area contributed by atoms with Crippen LogP contribution in [0.5, 0.6) is 0 Å². The van der Waals surface area contributed by atoms with Gasteiger partial charge < -0.3 is 0 Å². The molecule has 234 valence electrons. The van der Waals surface area contributed by atoms with Gasteiger partial charge in [-0.3, -0.25) is 9.97 Å². The second-order valence-electron chi connectivity index (χ2n) is 12.5. The van der Waals surface area contributed by atoms with Gasteiger partial charge in [-0.15, -0.1) is 0 Å². The average molecular weight is 638 g/mol. The van der Waals surface area contributed by atoms with Crippen molar-refractivity contribution in [1.29, 1.82) is 0 Å². The van der Waals surface area contributed by atoms with Crippen molar-refractivity contribution in [3.05, 3.63) is 188 Å². The summed E-state index contributed by atoms with van der Waals surface area (Å²) in [5.74, 6) is 0. The molecule has 0 fully saturated rings. The van der Waals surface area contributed by atoms with Crippen molar-refractivity contribution in [2.45, 2.75) is 0 Å². The van der Waals surface area contributed by atoms with Gasteiger partial charge in [-0.05, 0) is 115 Å². The normalized spacial score (nSPS) is 11.2. The van der Waals surface area contributed by atoms with E-state index in [2.05, 4.69) is 149 Å². The lowest BCUT2D eigenvalue weighted by Gasteiger charge is -2.12. The highest BCUT2D eigenvalue weighted by Gasteiger charge is 2.12. The van der Waals surface area contributed by atoms with Gasteiger partial charge in [-0.2, -0.15) is 0 Å². The number of hydrogen-bond donors (Lipinski definition) is 0. The Bertz CT molecular complexity index is 2550. The van der Waals surface area contributed by atoms with Gasteiger partial charge >= 0.3 is 0 Å². The van der Waals surface area contributed by atoms with E-state index in [0.717, 1.165) is 33.9 Å². The van der Waals surface area contributed by atoms with Crippen LogP contribution in [0, 0.1) is 0 Å². The predicted molar refractivity (Wildman–Crippen MR) is 207 cm³/mol. The highest BCUT2D eigenvalue weighted by atomic mass is 14.8. The second-order valence-corrected chi connectivity index (χ2v) is 12.5. The first-order valence-electron chi connectivity index (χ1n) is 16.8. The van der Waals surface area contributed by atoms with Crippen LogP contribution in [0.2, 0.25) is 0 Å². The van der Waals surface area contributed by atoms with Gasteiger partial charge in [0.25, 0.3) is 0 Å². The van der Waals surface area contributed by atoms with Gasteiger partial charge in [0.05, 0.1) is 22.8 Å². The molecule has 3 nitrogen and oxygen atoms in total. The Morgan fingerprint density at radius 3 is 1.36 bits per heavy atom. The maximum atomic E-state index is 4.93. The van der Waals surface area contributed by atoms with Crippen molar-refractivity contribution in [1.82, 2.24) is 15.0 Å². The number of benzene rings is 6. The minimum atomic E-state index is 0.820. The molecule has 0 saturated heterocycles. The Morgan fingerprint density at radius 2 is 0.780 bits per heavy atom. The molecule has 3 heterocycles. The highest BCUT2D eigenvalue weighted by Crippen LogP contribution is 2.37. The van der Waals surface area contributed by atoms with E-state index in [1.807, 2.05) is 36.4 Å². The first-order chi connectivity index (χ1) is 24.8. The molecule has 9 aromatic rings. The summed E-state index contributed by atoms with van der Waals surface area (Å²) in [6, 6.07) is 62.2. The quantitative estimate of drug-likeness (QED) is 0.170. The fraction of sp³-hybridized carbons (Fsp3) is 0. The van der Waals surface area contributed by atoms with Crippen molar-refractivity contribution in [2.75, 3.05) is 0 Å². The third-order valence-corrected chi connectivity index (χ3v) is 9.39. The van der Waals surface area contributed by atoms with Crippen LogP contribution in [0.15, 0.2) is 188 Å². The number of pyridine rings is 3. The van der Waals surface area contributed by atoms with Crippen molar-refractivity contribution in [3.63, 3.8) is 0 Å². The lowest BCUT2D eigenvalue weighted by Crippen LogP contribution is -1.93. The molecule has 0 amide bonds. The molecule has 0 aliphatic heterocycles. The van der Waals surface area contributed by atoms with Crippen molar-refractivity contribution in [3.8, 4) is 67.3 Å². The van der Waals surface area contributed by atoms with E-state index >= 15 is 0 Å². The van der Waals surface area contributed by atoms with Gasteiger partial charge in [0, 0.05) is 12.4 Å². The number of aromatic nitrogens is 3. The highest BCUT2D eigenvalue weighted by molar-refractivity contribution is 6.13. The predicted octanol–water partition coefficient (Wildman–Crippen LogP) is 12.2. The molecule has 9 rings (SSSR count). The molecule has 0 N–H and O–H groups in total. The maximum Gasteiger partial charge on any atom is 0.0900 e. The minimum Gasteiger partial charge on any atom is -0.255 e. The van der Waals surface area contributed by atoms with Crippen LogP contribution in [0.4, 0.5) is 0 Å². The Hall–Kier alpha value is -6.71. The summed E-state index contributed by atoms with van der Waals surface area (Å²) in [4.78, 5) is 14.1. The van der Waals surface area contributed by atoms with Crippen molar-refractivity contribution >= 4 is 21.5 Å². The molecule has 0 spiro atoms. The summed E-state index contributed by atoms with van der Waals surface area (Å²) >= 11 is 0. The van der Waals surface area contributed by atoms with Gasteiger partial charge in [0.15, 0.2) is 0 Å². The zero-order chi connectivity index (χ0) is 33.3. The van der Waals surface area contributed by atoms with Crippen LogP contribution in [0.3, 0.4) is 0 Å². The van der Waals surface area contributed by atoms with E-state index in [4.69, 9.17) is 4.98 Å². The number of rotatable bonds is 6. The average Bonchev–Trinajstić information content (AvgIpc) is 3.21. The lowest BCUT2D eigenvalue weighted by atomic mass is 9.92. The van der Waals surface area contributed by atoms with E-state index in [1.165, 1.54) is 54.9 Å². The van der Waals surface area contributed by atoms with Crippen LogP contribution >= 0.6 is 0 Å². The Kier molecular flexibility index (Phi) is 7.49. The van der Waals surface area contributed by atoms with Gasteiger partial charge in [0.2, 0.25) is 0 Å². The van der Waals surface area contributed by atoms with E-state index in [-0.39, 0.29) is 0 Å². The summed E-state index contributed by atoms with van der Waals surface area (Å²) in [7, 11) is 0. The first kappa shape index (κ1) is 29.4. The van der Waals surface area contributed by atoms with Crippen molar-refractivity contribution in [2.24, 2.45) is 0 Å². The minimum absolute atomic E-state index is 0.820. The molecule has 0 unspecified atom stereocenters. The molecule has 6 aromatic carbocycles. The van der Waals surface area contributed by atoms with Crippen LogP contribution in [-0.4, -0.2) is 15.0 Å². The van der Waals surface area contributed by atoms with Gasteiger partial charge in [0.1, 0.15) is 0 Å². The molecule has 0 aliphatic carbocycles. The topological polar surface area (TPSA) is 38.7 Å². The van der Waals surface area contributed by atoms with Crippen LogP contribution in [0.1, 0.15) is 0 Å². The summed E-state index contributed by atoms with van der Waals surface area (Å²) < 4.78 is 0. The SMILES string of the molecule is c1ccc(-c2cc(-c3ccc(-c4cccc(-c5ccc(-c6cc7ccccc7c7ccccc67)cc5)c4)cc3)cc(-c3ccccn3)n2)nc1. The molecule has 3 heteroatoms. The van der Waals surface area contributed by atoms with Crippen LogP contribution in [-0.2, 0) is 0 Å². The first-order valence-corrected chi connectivity index (χ1v) is 16.8. The summed E-state index contributed by atoms with van der Waals surface area (Å²) in [5, 5.41) is 5.11. The summed E-state index contributed by atoms with van der Waals surface area (Å²) in [6.07, 6.45) is 3.60.